The quantitative estimate of drug-likeness (QED) is 0.728. The normalized spacial score (nSPS) is 10.8. The van der Waals surface area contributed by atoms with Gasteiger partial charge in [0.05, 0.1) is 6.54 Å². The van der Waals surface area contributed by atoms with Crippen LogP contribution in [0.2, 0.25) is 0 Å². The average Bonchev–Trinajstić information content (AvgIpc) is 3.07. The van der Waals surface area contributed by atoms with Crippen molar-refractivity contribution in [2.75, 3.05) is 0 Å². The van der Waals surface area contributed by atoms with Gasteiger partial charge in [-0.25, -0.2) is 0 Å². The van der Waals surface area contributed by atoms with Crippen molar-refractivity contribution in [1.82, 2.24) is 14.9 Å². The molecule has 0 saturated carbocycles. The minimum absolute atomic E-state index is 0.195. The van der Waals surface area contributed by atoms with Crippen molar-refractivity contribution in [3.05, 3.63) is 87.0 Å². The maximum absolute atomic E-state index is 12.8. The largest absolute Gasteiger partial charge is 0.464 e. The maximum atomic E-state index is 12.8. The van der Waals surface area contributed by atoms with Crippen LogP contribution < -0.4 is 10.7 Å². The van der Waals surface area contributed by atoms with Crippen LogP contribution in [-0.4, -0.2) is 15.5 Å². The molecule has 6 nitrogen and oxygen atoms in total. The van der Waals surface area contributed by atoms with Crippen molar-refractivity contribution < 1.29 is 9.21 Å². The number of furan rings is 1. The zero-order valence-electron chi connectivity index (χ0n) is 15.8. The molecule has 0 saturated heterocycles. The fourth-order valence-electron chi connectivity index (χ4n) is 3.16. The number of nitrogens with zero attached hydrogens (tertiary/aromatic N) is 2. The molecule has 3 rings (SSSR count). The Kier molecular flexibility index (Phi) is 5.54. The number of amides is 1. The molecule has 1 N–H and O–H groups in total. The minimum atomic E-state index is -0.363. The zero-order valence-corrected chi connectivity index (χ0v) is 15.8. The summed E-state index contributed by atoms with van der Waals surface area (Å²) in [5.74, 6) is 1.26. The molecule has 3 aromatic rings. The Morgan fingerprint density at radius 1 is 1.19 bits per heavy atom. The maximum Gasteiger partial charge on any atom is 0.257 e. The van der Waals surface area contributed by atoms with E-state index in [2.05, 4.69) is 10.3 Å². The number of nitrogens with one attached hydrogen (secondary N) is 1. The number of rotatable bonds is 6. The lowest BCUT2D eigenvalue weighted by atomic mass is 10.1. The number of carbonyl (C=O) groups is 1. The van der Waals surface area contributed by atoms with Crippen LogP contribution in [0.3, 0.4) is 0 Å². The smallest absolute Gasteiger partial charge is 0.257 e. The molecule has 0 radical (unpaired) electrons. The first-order valence-electron chi connectivity index (χ1n) is 8.95. The lowest BCUT2D eigenvalue weighted by Crippen LogP contribution is -2.32. The lowest BCUT2D eigenvalue weighted by molar-refractivity contribution is 0.0947. The first-order chi connectivity index (χ1) is 13.0. The molecule has 0 aliphatic heterocycles. The molecular weight excluding hydrogens is 342 g/mol. The topological polar surface area (TPSA) is 77.1 Å². The summed E-state index contributed by atoms with van der Waals surface area (Å²) in [7, 11) is 0. The fraction of sp³-hybridized carbons (Fsp3) is 0.286. The molecule has 1 amide bonds. The predicted octanol–water partition coefficient (Wildman–Crippen LogP) is 2.99. The van der Waals surface area contributed by atoms with E-state index in [1.807, 2.05) is 49.6 Å². The van der Waals surface area contributed by atoms with E-state index in [-0.39, 0.29) is 16.9 Å². The van der Waals surface area contributed by atoms with Crippen LogP contribution in [0.15, 0.2) is 51.9 Å². The number of pyridine rings is 2. The van der Waals surface area contributed by atoms with E-state index < -0.39 is 0 Å². The highest BCUT2D eigenvalue weighted by Crippen LogP contribution is 2.15. The predicted molar refractivity (Wildman–Crippen MR) is 103 cm³/mol. The molecule has 3 aromatic heterocycles. The third-order valence-corrected chi connectivity index (χ3v) is 4.50. The van der Waals surface area contributed by atoms with Crippen LogP contribution in [0, 0.1) is 13.8 Å². The highest BCUT2D eigenvalue weighted by atomic mass is 16.3. The summed E-state index contributed by atoms with van der Waals surface area (Å²) in [6.45, 7) is 6.52. The molecule has 0 bridgehead atoms. The summed E-state index contributed by atoms with van der Waals surface area (Å²) in [5, 5.41) is 2.84. The summed E-state index contributed by atoms with van der Waals surface area (Å²) in [5.41, 5.74) is 2.37. The third kappa shape index (κ3) is 4.16. The minimum Gasteiger partial charge on any atom is -0.464 e. The summed E-state index contributed by atoms with van der Waals surface area (Å²) < 4.78 is 7.65. The van der Waals surface area contributed by atoms with Crippen LogP contribution >= 0.6 is 0 Å². The lowest BCUT2D eigenvalue weighted by Gasteiger charge is -2.18. The Morgan fingerprint density at radius 3 is 2.56 bits per heavy atom. The first-order valence-corrected chi connectivity index (χ1v) is 8.95. The number of aromatic nitrogens is 2. The van der Waals surface area contributed by atoms with Crippen molar-refractivity contribution in [2.45, 2.75) is 40.3 Å². The SMILES string of the molecule is CCc1c(C(=O)NCc2ccncc2)c(=O)cc(C)n1Cc1ccc(C)o1. The van der Waals surface area contributed by atoms with E-state index in [0.29, 0.717) is 25.2 Å². The second-order valence-electron chi connectivity index (χ2n) is 6.46. The van der Waals surface area contributed by atoms with Crippen LogP contribution in [0.4, 0.5) is 0 Å². The standard InChI is InChI=1S/C21H23N3O3/c1-4-18-20(21(26)23-12-16-7-9-22-10-8-16)19(25)11-14(2)24(18)13-17-6-5-15(3)27-17/h5-11H,4,12-13H2,1-3H3,(H,23,26). The Balaban J connectivity index is 1.92. The Hall–Kier alpha value is -3.15. The van der Waals surface area contributed by atoms with Gasteiger partial charge in [0.2, 0.25) is 0 Å². The summed E-state index contributed by atoms with van der Waals surface area (Å²) in [6, 6.07) is 8.98. The van der Waals surface area contributed by atoms with E-state index in [1.54, 1.807) is 12.4 Å². The molecule has 0 atom stereocenters. The average molecular weight is 365 g/mol. The van der Waals surface area contributed by atoms with Crippen molar-refractivity contribution >= 4 is 5.91 Å². The third-order valence-electron chi connectivity index (χ3n) is 4.50. The van der Waals surface area contributed by atoms with Gasteiger partial charge in [0.25, 0.3) is 5.91 Å². The van der Waals surface area contributed by atoms with E-state index in [9.17, 15) is 9.59 Å². The molecule has 0 aliphatic carbocycles. The Labute approximate surface area is 157 Å². The van der Waals surface area contributed by atoms with Crippen molar-refractivity contribution in [3.8, 4) is 0 Å². The summed E-state index contributed by atoms with van der Waals surface area (Å²) in [4.78, 5) is 29.3. The van der Waals surface area contributed by atoms with Gasteiger partial charge in [-0.1, -0.05) is 6.92 Å². The highest BCUT2D eigenvalue weighted by molar-refractivity contribution is 5.95. The Morgan fingerprint density at radius 2 is 1.93 bits per heavy atom. The van der Waals surface area contributed by atoms with E-state index in [0.717, 1.165) is 22.8 Å². The van der Waals surface area contributed by atoms with Gasteiger partial charge >= 0.3 is 0 Å². The second-order valence-corrected chi connectivity index (χ2v) is 6.46. The zero-order chi connectivity index (χ0) is 19.4. The molecule has 0 spiro atoms. The van der Waals surface area contributed by atoms with Gasteiger partial charge in [0.1, 0.15) is 17.1 Å². The van der Waals surface area contributed by atoms with Crippen LogP contribution in [0.25, 0.3) is 0 Å². The summed E-state index contributed by atoms with van der Waals surface area (Å²) >= 11 is 0. The van der Waals surface area contributed by atoms with Gasteiger partial charge in [-0.05, 0) is 50.1 Å². The van der Waals surface area contributed by atoms with Crippen LogP contribution in [0.1, 0.15) is 45.8 Å². The second kappa shape index (κ2) is 8.03. The molecule has 0 unspecified atom stereocenters. The van der Waals surface area contributed by atoms with Crippen molar-refractivity contribution in [1.29, 1.82) is 0 Å². The van der Waals surface area contributed by atoms with Gasteiger partial charge < -0.3 is 14.3 Å². The fourth-order valence-corrected chi connectivity index (χ4v) is 3.16. The van der Waals surface area contributed by atoms with Crippen molar-refractivity contribution in [2.24, 2.45) is 0 Å². The molecule has 140 valence electrons. The molecule has 0 fully saturated rings. The van der Waals surface area contributed by atoms with Gasteiger partial charge in [0.15, 0.2) is 5.43 Å². The Bertz CT molecular complexity index is 1000. The highest BCUT2D eigenvalue weighted by Gasteiger charge is 2.19. The molecule has 0 aromatic carbocycles. The van der Waals surface area contributed by atoms with E-state index in [1.165, 1.54) is 6.07 Å². The van der Waals surface area contributed by atoms with E-state index >= 15 is 0 Å². The monoisotopic (exact) mass is 365 g/mol. The van der Waals surface area contributed by atoms with Gasteiger partial charge in [-0.2, -0.15) is 0 Å². The number of hydrogen-bond donors (Lipinski definition) is 1. The van der Waals surface area contributed by atoms with Gasteiger partial charge in [-0.3, -0.25) is 14.6 Å². The molecule has 0 aliphatic rings. The van der Waals surface area contributed by atoms with Crippen LogP contribution in [-0.2, 0) is 19.5 Å². The molecule has 27 heavy (non-hydrogen) atoms. The number of hydrogen-bond acceptors (Lipinski definition) is 4. The van der Waals surface area contributed by atoms with Crippen LogP contribution in [0.5, 0.6) is 0 Å². The van der Waals surface area contributed by atoms with E-state index in [4.69, 9.17) is 4.42 Å². The molecular formula is C21H23N3O3. The first kappa shape index (κ1) is 18.6. The van der Waals surface area contributed by atoms with Crippen molar-refractivity contribution in [3.63, 3.8) is 0 Å². The van der Waals surface area contributed by atoms with Gasteiger partial charge in [0, 0.05) is 36.4 Å². The summed E-state index contributed by atoms with van der Waals surface area (Å²) in [6.07, 6.45) is 3.90. The molecule has 6 heteroatoms. The number of aryl methyl sites for hydroxylation is 2. The van der Waals surface area contributed by atoms with Gasteiger partial charge in [-0.15, -0.1) is 0 Å². The number of carbonyl (C=O) groups excluding carboxylic acids is 1. The molecule has 3 heterocycles.